The van der Waals surface area contributed by atoms with E-state index < -0.39 is 0 Å². The van der Waals surface area contributed by atoms with Crippen LogP contribution in [0.2, 0.25) is 0 Å². The molecule has 1 unspecified atom stereocenters. The van der Waals surface area contributed by atoms with Crippen LogP contribution < -0.4 is 10.1 Å². The van der Waals surface area contributed by atoms with Crippen molar-refractivity contribution in [3.05, 3.63) is 29.3 Å². The van der Waals surface area contributed by atoms with E-state index in [1.54, 1.807) is 0 Å². The van der Waals surface area contributed by atoms with Crippen molar-refractivity contribution in [3.8, 4) is 5.75 Å². The Hall–Kier alpha value is -1.51. The highest BCUT2D eigenvalue weighted by atomic mass is 16.5. The number of benzene rings is 1. The van der Waals surface area contributed by atoms with Crippen LogP contribution in [-0.4, -0.2) is 18.6 Å². The number of aryl methyl sites for hydroxylation is 1. The Morgan fingerprint density at radius 3 is 3.06 bits per heavy atom. The lowest BCUT2D eigenvalue weighted by Gasteiger charge is -2.13. The number of amides is 1. The molecule has 1 amide bonds. The first-order chi connectivity index (χ1) is 7.72. The standard InChI is InChI=1S/C13H17NO2/c1-3-5-10-8-16-11-7-4-6-9(2)12(11)13(15)14-10/h4,6-7,10H,3,5,8H2,1-2H3,(H,14,15). The summed E-state index contributed by atoms with van der Waals surface area (Å²) in [5.41, 5.74) is 1.65. The smallest absolute Gasteiger partial charge is 0.255 e. The SMILES string of the molecule is CCCC1COc2cccc(C)c2C(=O)N1. The van der Waals surface area contributed by atoms with Gasteiger partial charge < -0.3 is 10.1 Å². The molecule has 0 spiro atoms. The number of ether oxygens (including phenoxy) is 1. The first-order valence-electron chi connectivity index (χ1n) is 5.75. The number of carbonyl (C=O) groups excluding carboxylic acids is 1. The fourth-order valence-electron chi connectivity index (χ4n) is 2.05. The molecule has 1 aliphatic heterocycles. The summed E-state index contributed by atoms with van der Waals surface area (Å²) in [5.74, 6) is 0.695. The molecule has 0 fully saturated rings. The third kappa shape index (κ3) is 2.03. The van der Waals surface area contributed by atoms with E-state index in [0.29, 0.717) is 17.9 Å². The molecule has 86 valence electrons. The zero-order chi connectivity index (χ0) is 11.5. The zero-order valence-electron chi connectivity index (χ0n) is 9.75. The molecular formula is C13H17NO2. The van der Waals surface area contributed by atoms with Gasteiger partial charge in [-0.15, -0.1) is 0 Å². The fourth-order valence-corrected chi connectivity index (χ4v) is 2.05. The number of hydrogen-bond acceptors (Lipinski definition) is 2. The van der Waals surface area contributed by atoms with Gasteiger partial charge in [0.2, 0.25) is 0 Å². The van der Waals surface area contributed by atoms with E-state index in [9.17, 15) is 4.79 Å². The van der Waals surface area contributed by atoms with Gasteiger partial charge in [-0.1, -0.05) is 25.5 Å². The number of hydrogen-bond donors (Lipinski definition) is 1. The molecule has 3 nitrogen and oxygen atoms in total. The van der Waals surface area contributed by atoms with Gasteiger partial charge in [0, 0.05) is 0 Å². The maximum atomic E-state index is 12.0. The van der Waals surface area contributed by atoms with Crippen molar-refractivity contribution in [3.63, 3.8) is 0 Å². The van der Waals surface area contributed by atoms with Gasteiger partial charge in [-0.05, 0) is 25.0 Å². The van der Waals surface area contributed by atoms with Crippen LogP contribution in [0.15, 0.2) is 18.2 Å². The third-order valence-electron chi connectivity index (χ3n) is 2.87. The van der Waals surface area contributed by atoms with E-state index in [0.717, 1.165) is 18.4 Å². The van der Waals surface area contributed by atoms with Gasteiger partial charge in [0.1, 0.15) is 12.4 Å². The van der Waals surface area contributed by atoms with E-state index in [1.165, 1.54) is 0 Å². The summed E-state index contributed by atoms with van der Waals surface area (Å²) in [7, 11) is 0. The average molecular weight is 219 g/mol. The van der Waals surface area contributed by atoms with E-state index in [-0.39, 0.29) is 11.9 Å². The second-order valence-corrected chi connectivity index (χ2v) is 4.22. The first-order valence-corrected chi connectivity index (χ1v) is 5.75. The van der Waals surface area contributed by atoms with Crippen molar-refractivity contribution in [2.45, 2.75) is 32.7 Å². The highest BCUT2D eigenvalue weighted by molar-refractivity contribution is 5.98. The summed E-state index contributed by atoms with van der Waals surface area (Å²) in [5, 5.41) is 3.01. The number of nitrogens with one attached hydrogen (secondary N) is 1. The van der Waals surface area contributed by atoms with E-state index in [4.69, 9.17) is 4.74 Å². The molecule has 3 heteroatoms. The summed E-state index contributed by atoms with van der Waals surface area (Å²) < 4.78 is 5.68. The lowest BCUT2D eigenvalue weighted by atomic mass is 10.1. The lowest BCUT2D eigenvalue weighted by molar-refractivity contribution is 0.0936. The first kappa shape index (κ1) is 11.0. The predicted molar refractivity (Wildman–Crippen MR) is 62.8 cm³/mol. The largest absolute Gasteiger partial charge is 0.491 e. The Morgan fingerprint density at radius 1 is 1.50 bits per heavy atom. The van der Waals surface area contributed by atoms with Crippen LogP contribution in [0.25, 0.3) is 0 Å². The van der Waals surface area contributed by atoms with Crippen molar-refractivity contribution >= 4 is 5.91 Å². The van der Waals surface area contributed by atoms with Crippen LogP contribution >= 0.6 is 0 Å². The molecule has 1 aromatic carbocycles. The molecule has 0 saturated heterocycles. The van der Waals surface area contributed by atoms with Gasteiger partial charge >= 0.3 is 0 Å². The second kappa shape index (κ2) is 4.56. The molecular weight excluding hydrogens is 202 g/mol. The monoisotopic (exact) mass is 219 g/mol. The molecule has 1 aliphatic rings. The predicted octanol–water partition coefficient (Wildman–Crippen LogP) is 2.29. The van der Waals surface area contributed by atoms with Crippen LogP contribution in [0.3, 0.4) is 0 Å². The van der Waals surface area contributed by atoms with Gasteiger partial charge in [-0.3, -0.25) is 4.79 Å². The van der Waals surface area contributed by atoms with Gasteiger partial charge in [0.15, 0.2) is 0 Å². The maximum Gasteiger partial charge on any atom is 0.255 e. The molecule has 0 saturated carbocycles. The highest BCUT2D eigenvalue weighted by Crippen LogP contribution is 2.24. The van der Waals surface area contributed by atoms with Crippen molar-refractivity contribution in [2.75, 3.05) is 6.61 Å². The topological polar surface area (TPSA) is 38.3 Å². The summed E-state index contributed by atoms with van der Waals surface area (Å²) in [6, 6.07) is 5.84. The summed E-state index contributed by atoms with van der Waals surface area (Å²) in [6.45, 7) is 4.60. The van der Waals surface area contributed by atoms with Crippen molar-refractivity contribution in [2.24, 2.45) is 0 Å². The number of rotatable bonds is 2. The van der Waals surface area contributed by atoms with E-state index >= 15 is 0 Å². The molecule has 1 N–H and O–H groups in total. The Labute approximate surface area is 95.8 Å². The lowest BCUT2D eigenvalue weighted by Crippen LogP contribution is -2.36. The normalized spacial score (nSPS) is 19.4. The maximum absolute atomic E-state index is 12.0. The van der Waals surface area contributed by atoms with Crippen molar-refractivity contribution < 1.29 is 9.53 Å². The van der Waals surface area contributed by atoms with E-state index in [1.807, 2.05) is 25.1 Å². The van der Waals surface area contributed by atoms with Gasteiger partial charge in [-0.2, -0.15) is 0 Å². The Morgan fingerprint density at radius 2 is 2.31 bits per heavy atom. The molecule has 0 bridgehead atoms. The van der Waals surface area contributed by atoms with Crippen molar-refractivity contribution in [1.82, 2.24) is 5.32 Å². The minimum absolute atomic E-state index is 0.0101. The quantitative estimate of drug-likeness (QED) is 0.828. The average Bonchev–Trinajstić information content (AvgIpc) is 2.40. The van der Waals surface area contributed by atoms with Crippen LogP contribution in [0, 0.1) is 6.92 Å². The fraction of sp³-hybridized carbons (Fsp3) is 0.462. The van der Waals surface area contributed by atoms with Crippen LogP contribution in [0.1, 0.15) is 35.7 Å². The van der Waals surface area contributed by atoms with Crippen LogP contribution in [0.4, 0.5) is 0 Å². The second-order valence-electron chi connectivity index (χ2n) is 4.22. The third-order valence-corrected chi connectivity index (χ3v) is 2.87. The van der Waals surface area contributed by atoms with Gasteiger partial charge in [0.25, 0.3) is 5.91 Å². The van der Waals surface area contributed by atoms with Crippen molar-refractivity contribution in [1.29, 1.82) is 0 Å². The molecule has 1 heterocycles. The Bertz CT molecular complexity index is 401. The minimum Gasteiger partial charge on any atom is -0.491 e. The summed E-state index contributed by atoms with van der Waals surface area (Å²) in [4.78, 5) is 12.0. The Kier molecular flexibility index (Phi) is 3.13. The number of fused-ring (bicyclic) bond motifs is 1. The van der Waals surface area contributed by atoms with Crippen LogP contribution in [0.5, 0.6) is 5.75 Å². The molecule has 0 aliphatic carbocycles. The Balaban J connectivity index is 2.29. The molecule has 0 radical (unpaired) electrons. The zero-order valence-corrected chi connectivity index (χ0v) is 9.75. The van der Waals surface area contributed by atoms with Crippen LogP contribution in [-0.2, 0) is 0 Å². The molecule has 2 rings (SSSR count). The van der Waals surface area contributed by atoms with Gasteiger partial charge in [-0.25, -0.2) is 0 Å². The molecule has 0 aromatic heterocycles. The van der Waals surface area contributed by atoms with Gasteiger partial charge in [0.05, 0.1) is 11.6 Å². The number of carbonyl (C=O) groups is 1. The minimum atomic E-state index is -0.0101. The van der Waals surface area contributed by atoms with E-state index in [2.05, 4.69) is 12.2 Å². The summed E-state index contributed by atoms with van der Waals surface area (Å²) in [6.07, 6.45) is 2.00. The summed E-state index contributed by atoms with van der Waals surface area (Å²) >= 11 is 0. The molecule has 1 atom stereocenters. The molecule has 16 heavy (non-hydrogen) atoms. The molecule has 1 aromatic rings. The highest BCUT2D eigenvalue weighted by Gasteiger charge is 2.23.